The lowest BCUT2D eigenvalue weighted by molar-refractivity contribution is 0.124. The Kier molecular flexibility index (Phi) is 4.55. The number of nitrogens with zero attached hydrogens (tertiary/aromatic N) is 1. The standard InChI is InChI=1S/C17H24F2N2/c1-12(15-11-14(18)4-5-16(15)19)21-9-6-13(7-10-21)17-3-2-8-20-17/h4-5,11-13,17,20H,2-3,6-10H2,1H3. The van der Waals surface area contributed by atoms with Gasteiger partial charge in [-0.05, 0) is 76.4 Å². The highest BCUT2D eigenvalue weighted by Crippen LogP contribution is 2.31. The molecular formula is C17H24F2N2. The minimum atomic E-state index is -0.358. The van der Waals surface area contributed by atoms with E-state index in [1.54, 1.807) is 0 Å². The van der Waals surface area contributed by atoms with Crippen molar-refractivity contribution < 1.29 is 8.78 Å². The lowest BCUT2D eigenvalue weighted by atomic mass is 9.87. The molecule has 0 aliphatic carbocycles. The predicted octanol–water partition coefficient (Wildman–Crippen LogP) is 3.49. The maximum Gasteiger partial charge on any atom is 0.128 e. The van der Waals surface area contributed by atoms with Crippen molar-refractivity contribution in [3.8, 4) is 0 Å². The molecule has 2 saturated heterocycles. The summed E-state index contributed by atoms with van der Waals surface area (Å²) in [5.74, 6) is 0.0834. The summed E-state index contributed by atoms with van der Waals surface area (Å²) in [5, 5.41) is 3.59. The van der Waals surface area contributed by atoms with Crippen LogP contribution < -0.4 is 5.32 Å². The second-order valence-corrected chi connectivity index (χ2v) is 6.42. The fourth-order valence-electron chi connectivity index (χ4n) is 3.85. The van der Waals surface area contributed by atoms with E-state index < -0.39 is 0 Å². The number of likely N-dealkylation sites (tertiary alicyclic amines) is 1. The van der Waals surface area contributed by atoms with Gasteiger partial charge in [0.15, 0.2) is 0 Å². The Bertz CT molecular complexity index is 478. The quantitative estimate of drug-likeness (QED) is 0.918. The van der Waals surface area contributed by atoms with Gasteiger partial charge in [-0.2, -0.15) is 0 Å². The van der Waals surface area contributed by atoms with Crippen LogP contribution in [0.3, 0.4) is 0 Å². The van der Waals surface area contributed by atoms with Crippen molar-refractivity contribution in [3.05, 3.63) is 35.4 Å². The molecule has 2 fully saturated rings. The normalized spacial score (nSPS) is 26.1. The van der Waals surface area contributed by atoms with E-state index in [2.05, 4.69) is 10.2 Å². The zero-order chi connectivity index (χ0) is 14.8. The summed E-state index contributed by atoms with van der Waals surface area (Å²) in [4.78, 5) is 2.28. The van der Waals surface area contributed by atoms with E-state index in [9.17, 15) is 8.78 Å². The van der Waals surface area contributed by atoms with E-state index >= 15 is 0 Å². The van der Waals surface area contributed by atoms with Gasteiger partial charge in [-0.15, -0.1) is 0 Å². The van der Waals surface area contributed by atoms with Crippen LogP contribution in [0.4, 0.5) is 8.78 Å². The highest BCUT2D eigenvalue weighted by atomic mass is 19.1. The van der Waals surface area contributed by atoms with Crippen LogP contribution in [0.25, 0.3) is 0 Å². The van der Waals surface area contributed by atoms with Crippen LogP contribution in [0.1, 0.15) is 44.2 Å². The van der Waals surface area contributed by atoms with E-state index in [4.69, 9.17) is 0 Å². The van der Waals surface area contributed by atoms with Crippen molar-refractivity contribution in [3.63, 3.8) is 0 Å². The zero-order valence-corrected chi connectivity index (χ0v) is 12.6. The summed E-state index contributed by atoms with van der Waals surface area (Å²) in [6.07, 6.45) is 4.88. The number of nitrogens with one attached hydrogen (secondary N) is 1. The lowest BCUT2D eigenvalue weighted by Gasteiger charge is -2.38. The van der Waals surface area contributed by atoms with Crippen molar-refractivity contribution >= 4 is 0 Å². The molecular weight excluding hydrogens is 270 g/mol. The average Bonchev–Trinajstić information content (AvgIpc) is 3.03. The average molecular weight is 294 g/mol. The van der Waals surface area contributed by atoms with Gasteiger partial charge in [0, 0.05) is 17.6 Å². The first-order valence-electron chi connectivity index (χ1n) is 8.07. The Balaban J connectivity index is 1.62. The first-order valence-corrected chi connectivity index (χ1v) is 8.07. The van der Waals surface area contributed by atoms with Gasteiger partial charge in [0.05, 0.1) is 0 Å². The van der Waals surface area contributed by atoms with Crippen molar-refractivity contribution in [1.82, 2.24) is 10.2 Å². The Morgan fingerprint density at radius 3 is 2.62 bits per heavy atom. The molecule has 0 amide bonds. The molecule has 1 aromatic carbocycles. The van der Waals surface area contributed by atoms with Crippen LogP contribution in [0.2, 0.25) is 0 Å². The monoisotopic (exact) mass is 294 g/mol. The number of hydrogen-bond donors (Lipinski definition) is 1. The number of halogens is 2. The van der Waals surface area contributed by atoms with Gasteiger partial charge in [-0.25, -0.2) is 8.78 Å². The Labute approximate surface area is 125 Å². The largest absolute Gasteiger partial charge is 0.314 e. The van der Waals surface area contributed by atoms with E-state index in [1.807, 2.05) is 6.92 Å². The third kappa shape index (κ3) is 3.27. The molecule has 0 saturated carbocycles. The molecule has 2 unspecified atom stereocenters. The van der Waals surface area contributed by atoms with Crippen LogP contribution in [0.15, 0.2) is 18.2 Å². The molecule has 2 heterocycles. The molecule has 3 rings (SSSR count). The first-order chi connectivity index (χ1) is 10.1. The van der Waals surface area contributed by atoms with Gasteiger partial charge in [-0.1, -0.05) is 0 Å². The third-order valence-corrected chi connectivity index (χ3v) is 5.20. The minimum Gasteiger partial charge on any atom is -0.314 e. The highest BCUT2D eigenvalue weighted by Gasteiger charge is 2.30. The first kappa shape index (κ1) is 14.9. The number of hydrogen-bond acceptors (Lipinski definition) is 2. The highest BCUT2D eigenvalue weighted by molar-refractivity contribution is 5.22. The van der Waals surface area contributed by atoms with Crippen molar-refractivity contribution in [1.29, 1.82) is 0 Å². The molecule has 1 aromatic rings. The molecule has 2 nitrogen and oxygen atoms in total. The Morgan fingerprint density at radius 2 is 1.95 bits per heavy atom. The summed E-state index contributed by atoms with van der Waals surface area (Å²) < 4.78 is 27.2. The van der Waals surface area contributed by atoms with Gasteiger partial charge in [0.1, 0.15) is 11.6 Å². The summed E-state index contributed by atoms with van der Waals surface area (Å²) in [7, 11) is 0. The smallest absolute Gasteiger partial charge is 0.128 e. The topological polar surface area (TPSA) is 15.3 Å². The summed E-state index contributed by atoms with van der Waals surface area (Å²) in [5.41, 5.74) is 0.479. The van der Waals surface area contributed by atoms with Crippen LogP contribution in [0.5, 0.6) is 0 Å². The predicted molar refractivity (Wildman–Crippen MR) is 80.1 cm³/mol. The third-order valence-electron chi connectivity index (χ3n) is 5.20. The van der Waals surface area contributed by atoms with Gasteiger partial charge in [0.2, 0.25) is 0 Å². The zero-order valence-electron chi connectivity index (χ0n) is 12.6. The van der Waals surface area contributed by atoms with E-state index in [0.717, 1.165) is 38.4 Å². The summed E-state index contributed by atoms with van der Waals surface area (Å²) >= 11 is 0. The van der Waals surface area contributed by atoms with Gasteiger partial charge >= 0.3 is 0 Å². The molecule has 0 radical (unpaired) electrons. The van der Waals surface area contributed by atoms with E-state index in [1.165, 1.54) is 31.0 Å². The molecule has 4 heteroatoms. The molecule has 0 aromatic heterocycles. The maximum absolute atomic E-state index is 13.9. The molecule has 2 aliphatic heterocycles. The Morgan fingerprint density at radius 1 is 1.19 bits per heavy atom. The van der Waals surface area contributed by atoms with Crippen LogP contribution in [-0.4, -0.2) is 30.6 Å². The fourth-order valence-corrected chi connectivity index (χ4v) is 3.85. The fraction of sp³-hybridized carbons (Fsp3) is 0.647. The number of piperidine rings is 1. The number of rotatable bonds is 3. The van der Waals surface area contributed by atoms with E-state index in [-0.39, 0.29) is 17.7 Å². The van der Waals surface area contributed by atoms with Crippen LogP contribution in [0, 0.1) is 17.6 Å². The van der Waals surface area contributed by atoms with Crippen molar-refractivity contribution in [2.75, 3.05) is 19.6 Å². The van der Waals surface area contributed by atoms with Crippen molar-refractivity contribution in [2.45, 2.75) is 44.7 Å². The second-order valence-electron chi connectivity index (χ2n) is 6.42. The summed E-state index contributed by atoms with van der Waals surface area (Å²) in [6.45, 7) is 5.07. The number of benzene rings is 1. The van der Waals surface area contributed by atoms with Crippen molar-refractivity contribution in [2.24, 2.45) is 5.92 Å². The Hall–Kier alpha value is -1.00. The maximum atomic E-state index is 13.9. The lowest BCUT2D eigenvalue weighted by Crippen LogP contribution is -2.41. The van der Waals surface area contributed by atoms with E-state index in [0.29, 0.717) is 11.6 Å². The van der Waals surface area contributed by atoms with Gasteiger partial charge in [0.25, 0.3) is 0 Å². The van der Waals surface area contributed by atoms with Gasteiger partial charge < -0.3 is 5.32 Å². The SMILES string of the molecule is CC(c1cc(F)ccc1F)N1CCC(C2CCCN2)CC1. The van der Waals surface area contributed by atoms with Crippen LogP contribution >= 0.6 is 0 Å². The summed E-state index contributed by atoms with van der Waals surface area (Å²) in [6, 6.07) is 4.37. The molecule has 2 aliphatic rings. The molecule has 2 atom stereocenters. The molecule has 1 N–H and O–H groups in total. The van der Waals surface area contributed by atoms with Crippen LogP contribution in [-0.2, 0) is 0 Å². The molecule has 0 spiro atoms. The molecule has 21 heavy (non-hydrogen) atoms. The van der Waals surface area contributed by atoms with Gasteiger partial charge in [-0.3, -0.25) is 4.90 Å². The molecule has 116 valence electrons. The second kappa shape index (κ2) is 6.41. The minimum absolute atomic E-state index is 0.0572. The molecule has 0 bridgehead atoms.